The maximum atomic E-state index is 6.16. The van der Waals surface area contributed by atoms with Gasteiger partial charge < -0.3 is 14.5 Å². The summed E-state index contributed by atoms with van der Waals surface area (Å²) in [4.78, 5) is 4.93. The summed E-state index contributed by atoms with van der Waals surface area (Å²) in [6.07, 6.45) is 4.69. The summed E-state index contributed by atoms with van der Waals surface area (Å²) in [5.41, 5.74) is 2.70. The van der Waals surface area contributed by atoms with Gasteiger partial charge in [-0.2, -0.15) is 0 Å². The molecule has 0 unspecified atom stereocenters. The van der Waals surface area contributed by atoms with E-state index in [1.54, 1.807) is 6.26 Å². The van der Waals surface area contributed by atoms with Gasteiger partial charge in [-0.25, -0.2) is 4.98 Å². The molecule has 162 valence electrons. The van der Waals surface area contributed by atoms with Crippen LogP contribution < -0.4 is 10.1 Å². The standard InChI is InChI=1S/C26H31N3O2/c1-25(2,3)18-26(4,5)28-24-22(20-14-10-16-30-20)27-23-21(13-9-15-29(23)24)31-17-19-11-7-6-8-12-19/h6-16,28H,17-18H2,1-5H3. The minimum atomic E-state index is -0.142. The number of benzene rings is 1. The van der Waals surface area contributed by atoms with Crippen molar-refractivity contribution in [1.82, 2.24) is 9.38 Å². The maximum Gasteiger partial charge on any atom is 0.182 e. The van der Waals surface area contributed by atoms with E-state index in [9.17, 15) is 0 Å². The Labute approximate surface area is 184 Å². The Balaban J connectivity index is 1.74. The first kappa shape index (κ1) is 21.0. The van der Waals surface area contributed by atoms with Crippen molar-refractivity contribution in [2.45, 2.75) is 53.2 Å². The van der Waals surface area contributed by atoms with E-state index in [0.717, 1.165) is 40.7 Å². The lowest BCUT2D eigenvalue weighted by atomic mass is 9.82. The number of hydrogen-bond acceptors (Lipinski definition) is 4. The SMILES string of the molecule is CC(C)(C)CC(C)(C)Nc1c(-c2ccco2)nc2c(OCc3ccccc3)cccn12. The van der Waals surface area contributed by atoms with Gasteiger partial charge in [0.25, 0.3) is 0 Å². The average Bonchev–Trinajstić information content (AvgIpc) is 3.33. The monoisotopic (exact) mass is 417 g/mol. The number of nitrogens with one attached hydrogen (secondary N) is 1. The van der Waals surface area contributed by atoms with Crippen molar-refractivity contribution in [2.24, 2.45) is 5.41 Å². The van der Waals surface area contributed by atoms with E-state index in [1.807, 2.05) is 48.7 Å². The van der Waals surface area contributed by atoms with Crippen LogP contribution in [0.3, 0.4) is 0 Å². The third kappa shape index (κ3) is 4.93. The molecule has 0 aliphatic carbocycles. The molecule has 4 aromatic rings. The Hall–Kier alpha value is -3.21. The maximum absolute atomic E-state index is 6.16. The van der Waals surface area contributed by atoms with E-state index in [4.69, 9.17) is 14.1 Å². The summed E-state index contributed by atoms with van der Waals surface area (Å²) in [5, 5.41) is 3.74. The number of hydrogen-bond donors (Lipinski definition) is 1. The molecule has 1 N–H and O–H groups in total. The van der Waals surface area contributed by atoms with Gasteiger partial charge in [-0.3, -0.25) is 4.40 Å². The fourth-order valence-electron chi connectivity index (χ4n) is 4.29. The molecule has 0 atom stereocenters. The van der Waals surface area contributed by atoms with E-state index in [2.05, 4.69) is 56.5 Å². The fourth-order valence-corrected chi connectivity index (χ4v) is 4.29. The van der Waals surface area contributed by atoms with E-state index < -0.39 is 0 Å². The van der Waals surface area contributed by atoms with Crippen molar-refractivity contribution >= 4 is 11.5 Å². The summed E-state index contributed by atoms with van der Waals surface area (Å²) < 4.78 is 13.9. The predicted molar refractivity (Wildman–Crippen MR) is 125 cm³/mol. The summed E-state index contributed by atoms with van der Waals surface area (Å²) in [6, 6.07) is 17.9. The van der Waals surface area contributed by atoms with Crippen LogP contribution in [0.25, 0.3) is 17.1 Å². The van der Waals surface area contributed by atoms with Crippen molar-refractivity contribution in [3.63, 3.8) is 0 Å². The lowest BCUT2D eigenvalue weighted by Gasteiger charge is -2.34. The van der Waals surface area contributed by atoms with Crippen molar-refractivity contribution in [1.29, 1.82) is 0 Å². The zero-order chi connectivity index (χ0) is 22.1. The molecule has 0 saturated heterocycles. The number of ether oxygens (including phenoxy) is 1. The summed E-state index contributed by atoms with van der Waals surface area (Å²) in [5.74, 6) is 2.37. The van der Waals surface area contributed by atoms with Gasteiger partial charge in [0, 0.05) is 11.7 Å². The number of fused-ring (bicyclic) bond motifs is 1. The van der Waals surface area contributed by atoms with Crippen molar-refractivity contribution < 1.29 is 9.15 Å². The van der Waals surface area contributed by atoms with Crippen molar-refractivity contribution in [3.05, 3.63) is 72.6 Å². The number of furan rings is 1. The van der Waals surface area contributed by atoms with Gasteiger partial charge in [0.15, 0.2) is 17.2 Å². The Morgan fingerprint density at radius 2 is 1.74 bits per heavy atom. The normalized spacial score (nSPS) is 12.3. The minimum Gasteiger partial charge on any atom is -0.485 e. The van der Waals surface area contributed by atoms with Crippen LogP contribution in [0.2, 0.25) is 0 Å². The number of nitrogens with zero attached hydrogens (tertiary/aromatic N) is 2. The lowest BCUT2D eigenvalue weighted by molar-refractivity contribution is 0.301. The Bertz CT molecular complexity index is 1140. The topological polar surface area (TPSA) is 51.7 Å². The number of pyridine rings is 1. The van der Waals surface area contributed by atoms with E-state index in [-0.39, 0.29) is 11.0 Å². The van der Waals surface area contributed by atoms with Crippen LogP contribution in [0.15, 0.2) is 71.5 Å². The molecule has 0 fully saturated rings. The number of rotatable bonds is 7. The molecule has 31 heavy (non-hydrogen) atoms. The highest BCUT2D eigenvalue weighted by molar-refractivity contribution is 5.76. The molecule has 3 aromatic heterocycles. The van der Waals surface area contributed by atoms with E-state index in [1.165, 1.54) is 0 Å². The quantitative estimate of drug-likeness (QED) is 0.359. The smallest absolute Gasteiger partial charge is 0.182 e. The largest absolute Gasteiger partial charge is 0.485 e. The Morgan fingerprint density at radius 3 is 2.42 bits per heavy atom. The Morgan fingerprint density at radius 1 is 0.968 bits per heavy atom. The molecule has 0 radical (unpaired) electrons. The third-order valence-electron chi connectivity index (χ3n) is 5.04. The van der Waals surface area contributed by atoms with Crippen LogP contribution in [-0.4, -0.2) is 14.9 Å². The molecule has 0 saturated carbocycles. The molecule has 4 rings (SSSR count). The third-order valence-corrected chi connectivity index (χ3v) is 5.04. The number of imidazole rings is 1. The first-order valence-corrected chi connectivity index (χ1v) is 10.7. The van der Waals surface area contributed by atoms with Crippen LogP contribution in [0.5, 0.6) is 5.75 Å². The predicted octanol–water partition coefficient (Wildman–Crippen LogP) is 6.80. The van der Waals surface area contributed by atoms with Crippen molar-refractivity contribution in [3.8, 4) is 17.2 Å². The highest BCUT2D eigenvalue weighted by atomic mass is 16.5. The van der Waals surface area contributed by atoms with Gasteiger partial charge in [-0.15, -0.1) is 0 Å². The van der Waals surface area contributed by atoms with Crippen LogP contribution in [0, 0.1) is 5.41 Å². The van der Waals surface area contributed by atoms with Crippen LogP contribution in [0.4, 0.5) is 5.82 Å². The van der Waals surface area contributed by atoms with Crippen LogP contribution >= 0.6 is 0 Å². The first-order chi connectivity index (χ1) is 14.7. The molecule has 0 bridgehead atoms. The molecule has 1 aromatic carbocycles. The zero-order valence-corrected chi connectivity index (χ0v) is 19.0. The molecule has 5 heteroatoms. The number of aromatic nitrogens is 2. The van der Waals surface area contributed by atoms with Gasteiger partial charge in [0.05, 0.1) is 6.26 Å². The number of anilines is 1. The Kier molecular flexibility index (Phi) is 5.52. The second-order valence-corrected chi connectivity index (χ2v) is 9.87. The molecule has 0 aliphatic heterocycles. The van der Waals surface area contributed by atoms with Gasteiger partial charge in [0.2, 0.25) is 0 Å². The van der Waals surface area contributed by atoms with Crippen LogP contribution in [-0.2, 0) is 6.61 Å². The second kappa shape index (κ2) is 8.14. The first-order valence-electron chi connectivity index (χ1n) is 10.7. The second-order valence-electron chi connectivity index (χ2n) is 9.87. The van der Waals surface area contributed by atoms with E-state index in [0.29, 0.717) is 6.61 Å². The summed E-state index contributed by atoms with van der Waals surface area (Å²) in [6.45, 7) is 11.7. The lowest BCUT2D eigenvalue weighted by Crippen LogP contribution is -2.36. The average molecular weight is 418 g/mol. The molecule has 0 aliphatic rings. The van der Waals surface area contributed by atoms with Gasteiger partial charge in [-0.1, -0.05) is 51.1 Å². The molecular formula is C26H31N3O2. The highest BCUT2D eigenvalue weighted by Gasteiger charge is 2.29. The highest BCUT2D eigenvalue weighted by Crippen LogP contribution is 2.36. The minimum absolute atomic E-state index is 0.142. The van der Waals surface area contributed by atoms with Crippen LogP contribution in [0.1, 0.15) is 46.6 Å². The summed E-state index contributed by atoms with van der Waals surface area (Å²) >= 11 is 0. The van der Waals surface area contributed by atoms with Gasteiger partial charge in [0.1, 0.15) is 18.1 Å². The fraction of sp³-hybridized carbons (Fsp3) is 0.346. The molecule has 0 amide bonds. The van der Waals surface area contributed by atoms with Gasteiger partial charge >= 0.3 is 0 Å². The summed E-state index contributed by atoms with van der Waals surface area (Å²) in [7, 11) is 0. The molecule has 3 heterocycles. The zero-order valence-electron chi connectivity index (χ0n) is 19.0. The van der Waals surface area contributed by atoms with E-state index >= 15 is 0 Å². The van der Waals surface area contributed by atoms with Gasteiger partial charge in [-0.05, 0) is 55.5 Å². The molecular weight excluding hydrogens is 386 g/mol. The molecule has 0 spiro atoms. The molecule has 5 nitrogen and oxygen atoms in total. The van der Waals surface area contributed by atoms with Crippen molar-refractivity contribution in [2.75, 3.05) is 5.32 Å².